The zero-order valence-corrected chi connectivity index (χ0v) is 9.00. The normalized spacial score (nSPS) is 18.7. The third-order valence-electron chi connectivity index (χ3n) is 2.92. The van der Waals surface area contributed by atoms with Gasteiger partial charge in [-0.3, -0.25) is 4.79 Å². The van der Waals surface area contributed by atoms with Crippen LogP contribution < -0.4 is 5.32 Å². The van der Waals surface area contributed by atoms with Gasteiger partial charge in [0.15, 0.2) is 5.83 Å². The van der Waals surface area contributed by atoms with Crippen LogP contribution in [0.5, 0.6) is 0 Å². The molecule has 1 aromatic carbocycles. The summed E-state index contributed by atoms with van der Waals surface area (Å²) in [5, 5.41) is 2.66. The number of nitrogens with one attached hydrogen (secondary N) is 1. The third-order valence-corrected chi connectivity index (χ3v) is 2.92. The Kier molecular flexibility index (Phi) is 3.04. The molecule has 2 nitrogen and oxygen atoms in total. The first-order chi connectivity index (χ1) is 7.68. The molecule has 0 radical (unpaired) electrons. The molecule has 1 aliphatic rings. The fourth-order valence-electron chi connectivity index (χ4n) is 2.14. The molecule has 1 aromatic rings. The summed E-state index contributed by atoms with van der Waals surface area (Å²) in [5.41, 5.74) is 2.34. The molecule has 16 heavy (non-hydrogen) atoms. The molecule has 1 amide bonds. The van der Waals surface area contributed by atoms with Gasteiger partial charge < -0.3 is 5.32 Å². The lowest BCUT2D eigenvalue weighted by Crippen LogP contribution is -2.30. The van der Waals surface area contributed by atoms with Crippen molar-refractivity contribution in [3.05, 3.63) is 47.8 Å². The Balaban J connectivity index is 2.19. The lowest BCUT2D eigenvalue weighted by atomic mass is 9.88. The molecule has 0 saturated heterocycles. The Labute approximate surface area is 94.2 Å². The zero-order chi connectivity index (χ0) is 11.5. The van der Waals surface area contributed by atoms with Crippen LogP contribution >= 0.6 is 0 Å². The summed E-state index contributed by atoms with van der Waals surface area (Å²) >= 11 is 0. The first kappa shape index (κ1) is 10.9. The largest absolute Gasteiger partial charge is 0.343 e. The highest BCUT2D eigenvalue weighted by Crippen LogP contribution is 2.29. The predicted molar refractivity (Wildman–Crippen MR) is 60.5 cm³/mol. The predicted octanol–water partition coefficient (Wildman–Crippen LogP) is 2.66. The number of hydrogen-bond donors (Lipinski definition) is 1. The zero-order valence-electron chi connectivity index (χ0n) is 9.00. The summed E-state index contributed by atoms with van der Waals surface area (Å²) in [5.74, 6) is -1.63. The molecule has 3 heteroatoms. The van der Waals surface area contributed by atoms with Crippen molar-refractivity contribution in [2.75, 3.05) is 0 Å². The monoisotopic (exact) mass is 219 g/mol. The molecule has 0 unspecified atom stereocenters. The van der Waals surface area contributed by atoms with Crippen LogP contribution in [0, 0.1) is 0 Å². The van der Waals surface area contributed by atoms with Crippen molar-refractivity contribution in [1.29, 1.82) is 0 Å². The van der Waals surface area contributed by atoms with Gasteiger partial charge in [-0.25, -0.2) is 4.39 Å². The molecule has 1 N–H and O–H groups in total. The molecule has 0 saturated carbocycles. The van der Waals surface area contributed by atoms with Gasteiger partial charge in [0, 0.05) is 0 Å². The topological polar surface area (TPSA) is 29.1 Å². The first-order valence-corrected chi connectivity index (χ1v) is 5.41. The van der Waals surface area contributed by atoms with Gasteiger partial charge in [-0.05, 0) is 30.4 Å². The maximum atomic E-state index is 12.6. The van der Waals surface area contributed by atoms with Gasteiger partial charge in [0.1, 0.15) is 0 Å². The molecule has 0 spiro atoms. The molecule has 0 fully saturated rings. The van der Waals surface area contributed by atoms with Crippen LogP contribution in [-0.4, -0.2) is 5.91 Å². The highest BCUT2D eigenvalue weighted by molar-refractivity contribution is 5.90. The number of aryl methyl sites for hydroxylation is 1. The summed E-state index contributed by atoms with van der Waals surface area (Å²) in [6.07, 6.45) is 2.90. The Hall–Kier alpha value is -1.64. The van der Waals surface area contributed by atoms with Crippen LogP contribution in [0.1, 0.15) is 30.0 Å². The van der Waals surface area contributed by atoms with Crippen molar-refractivity contribution in [1.82, 2.24) is 5.32 Å². The fraction of sp³-hybridized carbons (Fsp3) is 0.308. The summed E-state index contributed by atoms with van der Waals surface area (Å²) in [4.78, 5) is 11.2. The van der Waals surface area contributed by atoms with Crippen LogP contribution in [0.3, 0.4) is 0 Å². The van der Waals surface area contributed by atoms with Crippen LogP contribution in [0.15, 0.2) is 36.7 Å². The van der Waals surface area contributed by atoms with Crippen molar-refractivity contribution < 1.29 is 9.18 Å². The molecule has 0 bridgehead atoms. The number of fused-ring (bicyclic) bond motifs is 1. The molecule has 0 heterocycles. The van der Waals surface area contributed by atoms with Crippen LogP contribution in [-0.2, 0) is 11.2 Å². The maximum Gasteiger partial charge on any atom is 0.279 e. The van der Waals surface area contributed by atoms with E-state index in [0.717, 1.165) is 24.8 Å². The van der Waals surface area contributed by atoms with Crippen molar-refractivity contribution >= 4 is 5.91 Å². The minimum Gasteiger partial charge on any atom is -0.343 e. The number of rotatable bonds is 2. The van der Waals surface area contributed by atoms with E-state index in [-0.39, 0.29) is 6.04 Å². The van der Waals surface area contributed by atoms with E-state index < -0.39 is 11.7 Å². The van der Waals surface area contributed by atoms with E-state index >= 15 is 0 Å². The standard InChI is InChI=1S/C13H14FNO/c1-9(14)13(16)15-12-8-4-6-10-5-2-3-7-11(10)12/h2-3,5,7,12H,1,4,6,8H2,(H,15,16)/t12-/m0/s1. The molecular formula is C13H14FNO. The molecule has 1 atom stereocenters. The Morgan fingerprint density at radius 2 is 2.19 bits per heavy atom. The second kappa shape index (κ2) is 4.47. The lowest BCUT2D eigenvalue weighted by molar-refractivity contribution is -0.119. The van der Waals surface area contributed by atoms with E-state index in [1.54, 1.807) is 0 Å². The highest BCUT2D eigenvalue weighted by Gasteiger charge is 2.21. The Bertz CT molecular complexity index is 428. The van der Waals surface area contributed by atoms with Gasteiger partial charge in [0.25, 0.3) is 5.91 Å². The summed E-state index contributed by atoms with van der Waals surface area (Å²) in [6.45, 7) is 3.00. The molecular weight excluding hydrogens is 205 g/mol. The van der Waals surface area contributed by atoms with E-state index in [9.17, 15) is 9.18 Å². The quantitative estimate of drug-likeness (QED) is 0.761. The molecule has 2 rings (SSSR count). The van der Waals surface area contributed by atoms with E-state index in [0.29, 0.717) is 0 Å². The van der Waals surface area contributed by atoms with Gasteiger partial charge in [-0.15, -0.1) is 0 Å². The van der Waals surface area contributed by atoms with Crippen LogP contribution in [0.4, 0.5) is 4.39 Å². The number of halogens is 1. The summed E-state index contributed by atoms with van der Waals surface area (Å²) < 4.78 is 12.6. The van der Waals surface area contributed by atoms with Gasteiger partial charge in [-0.1, -0.05) is 30.8 Å². The Morgan fingerprint density at radius 3 is 2.94 bits per heavy atom. The lowest BCUT2D eigenvalue weighted by Gasteiger charge is -2.25. The van der Waals surface area contributed by atoms with Crippen molar-refractivity contribution in [2.45, 2.75) is 25.3 Å². The number of carbonyl (C=O) groups is 1. The van der Waals surface area contributed by atoms with Crippen LogP contribution in [0.25, 0.3) is 0 Å². The smallest absolute Gasteiger partial charge is 0.279 e. The minimum atomic E-state index is -0.928. The van der Waals surface area contributed by atoms with Gasteiger partial charge in [0.2, 0.25) is 0 Å². The number of carbonyl (C=O) groups excluding carboxylic acids is 1. The maximum absolute atomic E-state index is 12.6. The second-order valence-corrected chi connectivity index (χ2v) is 4.02. The van der Waals surface area contributed by atoms with Gasteiger partial charge in [0.05, 0.1) is 6.04 Å². The summed E-state index contributed by atoms with van der Waals surface area (Å²) in [7, 11) is 0. The second-order valence-electron chi connectivity index (χ2n) is 4.02. The van der Waals surface area contributed by atoms with Gasteiger partial charge >= 0.3 is 0 Å². The highest BCUT2D eigenvalue weighted by atomic mass is 19.1. The number of benzene rings is 1. The van der Waals surface area contributed by atoms with Crippen molar-refractivity contribution in [3.63, 3.8) is 0 Å². The number of hydrogen-bond acceptors (Lipinski definition) is 1. The molecule has 1 aliphatic carbocycles. The molecule has 0 aromatic heterocycles. The third kappa shape index (κ3) is 2.13. The number of amides is 1. The fourth-order valence-corrected chi connectivity index (χ4v) is 2.14. The molecule has 0 aliphatic heterocycles. The van der Waals surface area contributed by atoms with E-state index in [2.05, 4.69) is 18.0 Å². The minimum absolute atomic E-state index is 0.0788. The Morgan fingerprint density at radius 1 is 1.44 bits per heavy atom. The average Bonchev–Trinajstić information content (AvgIpc) is 2.29. The first-order valence-electron chi connectivity index (χ1n) is 5.41. The van der Waals surface area contributed by atoms with Crippen molar-refractivity contribution in [3.8, 4) is 0 Å². The SMILES string of the molecule is C=C(F)C(=O)N[C@H]1CCCc2ccccc21. The van der Waals surface area contributed by atoms with Gasteiger partial charge in [-0.2, -0.15) is 0 Å². The van der Waals surface area contributed by atoms with Crippen LogP contribution in [0.2, 0.25) is 0 Å². The summed E-state index contributed by atoms with van der Waals surface area (Å²) in [6, 6.07) is 7.88. The van der Waals surface area contributed by atoms with Crippen molar-refractivity contribution in [2.24, 2.45) is 0 Å². The molecule has 84 valence electrons. The van der Waals surface area contributed by atoms with E-state index in [1.165, 1.54) is 5.56 Å². The van der Waals surface area contributed by atoms with E-state index in [1.807, 2.05) is 18.2 Å². The average molecular weight is 219 g/mol. The van der Waals surface area contributed by atoms with E-state index in [4.69, 9.17) is 0 Å².